The van der Waals surface area contributed by atoms with Gasteiger partial charge in [-0.1, -0.05) is 6.07 Å². The van der Waals surface area contributed by atoms with Crippen LogP contribution >= 0.6 is 0 Å². The number of aromatic amines is 1. The predicted octanol–water partition coefficient (Wildman–Crippen LogP) is 1.86. The maximum absolute atomic E-state index is 11.7. The van der Waals surface area contributed by atoms with Gasteiger partial charge in [-0.3, -0.25) is 10.1 Å². The van der Waals surface area contributed by atoms with Crippen LogP contribution in [0.25, 0.3) is 6.08 Å². The standard InChI is InChI=1S/C14H16N4O3/c1-3-21-11-6-4-10(8-12(11)20-2)5-7-13(19)17-14-15-9-16-18-14/h4-9H,3H2,1-2H3,(H2,15,16,17,18,19). The minimum Gasteiger partial charge on any atom is -0.493 e. The fourth-order valence-electron chi connectivity index (χ4n) is 1.66. The van der Waals surface area contributed by atoms with E-state index in [1.807, 2.05) is 13.0 Å². The molecule has 0 aliphatic heterocycles. The number of nitrogens with one attached hydrogen (secondary N) is 2. The van der Waals surface area contributed by atoms with Crippen LogP contribution < -0.4 is 14.8 Å². The summed E-state index contributed by atoms with van der Waals surface area (Å²) in [4.78, 5) is 15.5. The number of hydrogen-bond donors (Lipinski definition) is 2. The van der Waals surface area contributed by atoms with Gasteiger partial charge in [-0.25, -0.2) is 5.10 Å². The third-order valence-electron chi connectivity index (χ3n) is 2.57. The molecule has 2 N–H and O–H groups in total. The van der Waals surface area contributed by atoms with E-state index in [0.717, 1.165) is 5.56 Å². The molecular formula is C14H16N4O3. The monoisotopic (exact) mass is 288 g/mol. The largest absolute Gasteiger partial charge is 0.493 e. The van der Waals surface area contributed by atoms with E-state index >= 15 is 0 Å². The lowest BCUT2D eigenvalue weighted by molar-refractivity contribution is -0.111. The van der Waals surface area contributed by atoms with E-state index in [1.165, 1.54) is 12.4 Å². The molecule has 0 spiro atoms. The molecule has 0 aliphatic rings. The van der Waals surface area contributed by atoms with E-state index in [0.29, 0.717) is 24.1 Å². The van der Waals surface area contributed by atoms with Gasteiger partial charge in [-0.15, -0.1) is 0 Å². The maximum Gasteiger partial charge on any atom is 0.250 e. The van der Waals surface area contributed by atoms with Crippen molar-refractivity contribution < 1.29 is 14.3 Å². The first-order chi connectivity index (χ1) is 10.2. The van der Waals surface area contributed by atoms with Crippen molar-refractivity contribution in [2.45, 2.75) is 6.92 Å². The molecule has 0 unspecified atom stereocenters. The highest BCUT2D eigenvalue weighted by Gasteiger charge is 2.04. The fourth-order valence-corrected chi connectivity index (χ4v) is 1.66. The number of methoxy groups -OCH3 is 1. The minimum atomic E-state index is -0.306. The van der Waals surface area contributed by atoms with Gasteiger partial charge >= 0.3 is 0 Å². The number of H-pyrrole nitrogens is 1. The molecule has 7 nitrogen and oxygen atoms in total. The Morgan fingerprint density at radius 3 is 2.95 bits per heavy atom. The van der Waals surface area contributed by atoms with Gasteiger partial charge in [0.25, 0.3) is 5.91 Å². The van der Waals surface area contributed by atoms with Crippen molar-refractivity contribution in [2.24, 2.45) is 0 Å². The van der Waals surface area contributed by atoms with Crippen LogP contribution in [0.3, 0.4) is 0 Å². The Morgan fingerprint density at radius 1 is 1.43 bits per heavy atom. The average Bonchev–Trinajstić information content (AvgIpc) is 2.99. The Kier molecular flexibility index (Phi) is 4.92. The summed E-state index contributed by atoms with van der Waals surface area (Å²) in [6, 6.07) is 5.44. The number of anilines is 1. The Bertz CT molecular complexity index is 623. The molecule has 0 radical (unpaired) electrons. The quantitative estimate of drug-likeness (QED) is 0.792. The average molecular weight is 288 g/mol. The highest BCUT2D eigenvalue weighted by Crippen LogP contribution is 2.28. The number of hydrogen-bond acceptors (Lipinski definition) is 5. The van der Waals surface area contributed by atoms with Crippen LogP contribution in [0.4, 0.5) is 5.95 Å². The topological polar surface area (TPSA) is 89.1 Å². The van der Waals surface area contributed by atoms with Crippen LogP contribution in [0.15, 0.2) is 30.6 Å². The van der Waals surface area contributed by atoms with Crippen molar-refractivity contribution in [2.75, 3.05) is 19.0 Å². The Hall–Kier alpha value is -2.83. The van der Waals surface area contributed by atoms with E-state index in [2.05, 4.69) is 20.5 Å². The van der Waals surface area contributed by atoms with Crippen LogP contribution in [-0.4, -0.2) is 34.8 Å². The summed E-state index contributed by atoms with van der Waals surface area (Å²) in [6.07, 6.45) is 4.39. The van der Waals surface area contributed by atoms with E-state index < -0.39 is 0 Å². The second-order valence-corrected chi connectivity index (χ2v) is 4.00. The summed E-state index contributed by atoms with van der Waals surface area (Å²) >= 11 is 0. The number of carbonyl (C=O) groups is 1. The summed E-state index contributed by atoms with van der Waals surface area (Å²) in [7, 11) is 1.57. The fraction of sp³-hybridized carbons (Fsp3) is 0.214. The molecule has 1 amide bonds. The summed E-state index contributed by atoms with van der Waals surface area (Å²) in [5, 5.41) is 8.72. The van der Waals surface area contributed by atoms with Crippen molar-refractivity contribution in [1.82, 2.24) is 15.2 Å². The molecule has 2 aromatic rings. The number of nitrogens with zero attached hydrogens (tertiary/aromatic N) is 2. The zero-order valence-electron chi connectivity index (χ0n) is 11.8. The molecule has 0 aliphatic carbocycles. The molecule has 1 heterocycles. The van der Waals surface area contributed by atoms with Crippen LogP contribution in [0.1, 0.15) is 12.5 Å². The molecular weight excluding hydrogens is 272 g/mol. The summed E-state index contributed by atoms with van der Waals surface area (Å²) in [5.41, 5.74) is 0.822. The first-order valence-corrected chi connectivity index (χ1v) is 6.38. The molecule has 0 saturated carbocycles. The van der Waals surface area contributed by atoms with E-state index in [4.69, 9.17) is 9.47 Å². The number of ether oxygens (including phenoxy) is 2. The van der Waals surface area contributed by atoms with Crippen LogP contribution in [0.2, 0.25) is 0 Å². The van der Waals surface area contributed by atoms with Crippen LogP contribution in [0.5, 0.6) is 11.5 Å². The molecule has 1 aromatic carbocycles. The van der Waals surface area contributed by atoms with Crippen molar-refractivity contribution in [3.8, 4) is 11.5 Å². The van der Waals surface area contributed by atoms with E-state index in [1.54, 1.807) is 25.3 Å². The van der Waals surface area contributed by atoms with Gasteiger partial charge in [0, 0.05) is 6.08 Å². The molecule has 110 valence electrons. The molecule has 2 rings (SSSR count). The normalized spacial score (nSPS) is 10.6. The van der Waals surface area contributed by atoms with Crippen molar-refractivity contribution in [3.05, 3.63) is 36.2 Å². The second kappa shape index (κ2) is 7.09. The van der Waals surface area contributed by atoms with Gasteiger partial charge < -0.3 is 9.47 Å². The van der Waals surface area contributed by atoms with Gasteiger partial charge in [0.15, 0.2) is 11.5 Å². The van der Waals surface area contributed by atoms with Crippen molar-refractivity contribution >= 4 is 17.9 Å². The lowest BCUT2D eigenvalue weighted by atomic mass is 10.2. The zero-order valence-corrected chi connectivity index (χ0v) is 11.8. The third kappa shape index (κ3) is 4.07. The Labute approximate surface area is 122 Å². The first-order valence-electron chi connectivity index (χ1n) is 6.38. The molecule has 7 heteroatoms. The van der Waals surface area contributed by atoms with Gasteiger partial charge in [-0.2, -0.15) is 10.1 Å². The number of rotatable bonds is 6. The minimum absolute atomic E-state index is 0.300. The first kappa shape index (κ1) is 14.6. The Morgan fingerprint density at radius 2 is 2.29 bits per heavy atom. The number of amides is 1. The van der Waals surface area contributed by atoms with E-state index in [9.17, 15) is 4.79 Å². The summed E-state index contributed by atoms with van der Waals surface area (Å²) in [5.74, 6) is 1.28. The van der Waals surface area contributed by atoms with Gasteiger partial charge in [0.1, 0.15) is 6.33 Å². The highest BCUT2D eigenvalue weighted by molar-refractivity contribution is 6.00. The van der Waals surface area contributed by atoms with Crippen molar-refractivity contribution in [3.63, 3.8) is 0 Å². The lowest BCUT2D eigenvalue weighted by Gasteiger charge is -2.09. The van der Waals surface area contributed by atoms with Gasteiger partial charge in [0.2, 0.25) is 5.95 Å². The van der Waals surface area contributed by atoms with E-state index in [-0.39, 0.29) is 5.91 Å². The molecule has 0 saturated heterocycles. The Balaban J connectivity index is 2.04. The van der Waals surface area contributed by atoms with Crippen LogP contribution in [0, 0.1) is 0 Å². The predicted molar refractivity (Wildman–Crippen MR) is 78.2 cm³/mol. The maximum atomic E-state index is 11.7. The number of aromatic nitrogens is 3. The smallest absolute Gasteiger partial charge is 0.250 e. The highest BCUT2D eigenvalue weighted by atomic mass is 16.5. The molecule has 1 aromatic heterocycles. The number of carbonyl (C=O) groups excluding carboxylic acids is 1. The number of benzene rings is 1. The lowest BCUT2D eigenvalue weighted by Crippen LogP contribution is -2.08. The molecule has 21 heavy (non-hydrogen) atoms. The van der Waals surface area contributed by atoms with Gasteiger partial charge in [0.05, 0.1) is 13.7 Å². The van der Waals surface area contributed by atoms with Gasteiger partial charge in [-0.05, 0) is 30.7 Å². The summed E-state index contributed by atoms with van der Waals surface area (Å²) < 4.78 is 10.7. The van der Waals surface area contributed by atoms with Crippen molar-refractivity contribution in [1.29, 1.82) is 0 Å². The molecule has 0 fully saturated rings. The molecule has 0 bridgehead atoms. The molecule has 0 atom stereocenters. The summed E-state index contributed by atoms with van der Waals surface area (Å²) in [6.45, 7) is 2.46. The SMILES string of the molecule is CCOc1ccc(C=CC(=O)Nc2ncn[nH]2)cc1OC. The van der Waals surface area contributed by atoms with Crippen LogP contribution in [-0.2, 0) is 4.79 Å². The second-order valence-electron chi connectivity index (χ2n) is 4.00. The third-order valence-corrected chi connectivity index (χ3v) is 2.57. The zero-order chi connectivity index (χ0) is 15.1.